The van der Waals surface area contributed by atoms with Gasteiger partial charge in [0.15, 0.2) is 0 Å². The number of ether oxygens (including phenoxy) is 2. The van der Waals surface area contributed by atoms with Gasteiger partial charge in [-0.25, -0.2) is 0 Å². The summed E-state index contributed by atoms with van der Waals surface area (Å²) >= 11 is 0. The van der Waals surface area contributed by atoms with Crippen LogP contribution in [0.5, 0.6) is 11.5 Å². The van der Waals surface area contributed by atoms with Crippen LogP contribution < -0.4 is 14.8 Å². The summed E-state index contributed by atoms with van der Waals surface area (Å²) in [6, 6.07) is 11.9. The Morgan fingerprint density at radius 3 is 2.57 bits per heavy atom. The molecule has 0 aliphatic rings. The van der Waals surface area contributed by atoms with E-state index in [9.17, 15) is 0 Å². The molecule has 0 saturated heterocycles. The van der Waals surface area contributed by atoms with Crippen molar-refractivity contribution in [1.29, 1.82) is 0 Å². The molecule has 0 radical (unpaired) electrons. The lowest BCUT2D eigenvalue weighted by atomic mass is 10.3. The van der Waals surface area contributed by atoms with Crippen LogP contribution in [0.4, 0.5) is 0 Å². The number of rotatable bonds is 9. The van der Waals surface area contributed by atoms with E-state index in [-0.39, 0.29) is 0 Å². The molecule has 0 aliphatic carbocycles. The Balaban J connectivity index is 1.78. The molecule has 114 valence electrons. The van der Waals surface area contributed by atoms with E-state index in [4.69, 9.17) is 9.47 Å². The number of aromatic nitrogens is 1. The van der Waals surface area contributed by atoms with Gasteiger partial charge >= 0.3 is 0 Å². The standard InChI is InChI=1S/C17H24N2O2/c1-3-10-18-14-15-5-4-11-19(15)12-13-21-17-8-6-16(20-2)7-9-17/h4-9,11,18H,3,10,12-14H2,1-2H3. The molecular weight excluding hydrogens is 264 g/mol. The Bertz CT molecular complexity index is 520. The fourth-order valence-electron chi connectivity index (χ4n) is 2.16. The lowest BCUT2D eigenvalue weighted by molar-refractivity contribution is 0.296. The second kappa shape index (κ2) is 8.37. The zero-order valence-corrected chi connectivity index (χ0v) is 12.8. The van der Waals surface area contributed by atoms with Crippen molar-refractivity contribution >= 4 is 0 Å². The molecule has 21 heavy (non-hydrogen) atoms. The van der Waals surface area contributed by atoms with E-state index in [0.29, 0.717) is 6.61 Å². The zero-order valence-electron chi connectivity index (χ0n) is 12.8. The van der Waals surface area contributed by atoms with Crippen molar-refractivity contribution in [3.8, 4) is 11.5 Å². The second-order valence-corrected chi connectivity index (χ2v) is 4.89. The third-order valence-electron chi connectivity index (χ3n) is 3.32. The quantitative estimate of drug-likeness (QED) is 0.720. The monoisotopic (exact) mass is 288 g/mol. The smallest absolute Gasteiger partial charge is 0.119 e. The molecule has 0 bridgehead atoms. The Morgan fingerprint density at radius 2 is 1.86 bits per heavy atom. The molecule has 0 amide bonds. The SMILES string of the molecule is CCCNCc1cccn1CCOc1ccc(OC)cc1. The van der Waals surface area contributed by atoms with E-state index in [2.05, 4.69) is 35.1 Å². The first-order valence-corrected chi connectivity index (χ1v) is 7.45. The van der Waals surface area contributed by atoms with Crippen molar-refractivity contribution < 1.29 is 9.47 Å². The van der Waals surface area contributed by atoms with Crippen LogP contribution in [0.2, 0.25) is 0 Å². The first-order valence-electron chi connectivity index (χ1n) is 7.45. The van der Waals surface area contributed by atoms with Gasteiger partial charge in [-0.3, -0.25) is 0 Å². The lowest BCUT2D eigenvalue weighted by Crippen LogP contribution is -2.18. The summed E-state index contributed by atoms with van der Waals surface area (Å²) in [5, 5.41) is 3.42. The Kier molecular flexibility index (Phi) is 6.16. The van der Waals surface area contributed by atoms with E-state index in [1.54, 1.807) is 7.11 Å². The van der Waals surface area contributed by atoms with Crippen molar-refractivity contribution in [3.05, 3.63) is 48.3 Å². The molecular formula is C17H24N2O2. The summed E-state index contributed by atoms with van der Waals surface area (Å²) in [5.74, 6) is 1.71. The van der Waals surface area contributed by atoms with Gasteiger partial charge in [0, 0.05) is 18.4 Å². The summed E-state index contributed by atoms with van der Waals surface area (Å²) in [5.41, 5.74) is 1.29. The molecule has 4 nitrogen and oxygen atoms in total. The number of hydrogen-bond acceptors (Lipinski definition) is 3. The number of hydrogen-bond donors (Lipinski definition) is 1. The van der Waals surface area contributed by atoms with Gasteiger partial charge in [-0.1, -0.05) is 6.92 Å². The molecule has 2 rings (SSSR count). The number of nitrogens with one attached hydrogen (secondary N) is 1. The lowest BCUT2D eigenvalue weighted by Gasteiger charge is -2.11. The van der Waals surface area contributed by atoms with Crippen molar-refractivity contribution in [2.24, 2.45) is 0 Å². The predicted molar refractivity (Wildman–Crippen MR) is 84.9 cm³/mol. The van der Waals surface area contributed by atoms with Gasteiger partial charge in [-0.05, 0) is 49.4 Å². The minimum Gasteiger partial charge on any atom is -0.497 e. The zero-order chi connectivity index (χ0) is 14.9. The highest BCUT2D eigenvalue weighted by atomic mass is 16.5. The summed E-state index contributed by atoms with van der Waals surface area (Å²) in [4.78, 5) is 0. The minimum atomic E-state index is 0.655. The Morgan fingerprint density at radius 1 is 1.10 bits per heavy atom. The van der Waals surface area contributed by atoms with Crippen molar-refractivity contribution in [2.75, 3.05) is 20.3 Å². The molecule has 0 unspecified atom stereocenters. The summed E-state index contributed by atoms with van der Waals surface area (Å²) in [6.45, 7) is 5.63. The fraction of sp³-hybridized carbons (Fsp3) is 0.412. The fourth-order valence-corrected chi connectivity index (χ4v) is 2.16. The molecule has 1 aromatic heterocycles. The van der Waals surface area contributed by atoms with Crippen molar-refractivity contribution in [3.63, 3.8) is 0 Å². The molecule has 1 heterocycles. The summed E-state index contributed by atoms with van der Waals surface area (Å²) in [6.07, 6.45) is 3.25. The summed E-state index contributed by atoms with van der Waals surface area (Å²) in [7, 11) is 1.66. The molecule has 0 saturated carbocycles. The van der Waals surface area contributed by atoms with E-state index >= 15 is 0 Å². The van der Waals surface area contributed by atoms with Gasteiger partial charge in [0.1, 0.15) is 18.1 Å². The van der Waals surface area contributed by atoms with Gasteiger partial charge in [-0.15, -0.1) is 0 Å². The molecule has 0 atom stereocenters. The van der Waals surface area contributed by atoms with Crippen molar-refractivity contribution in [2.45, 2.75) is 26.4 Å². The van der Waals surface area contributed by atoms with Gasteiger partial charge in [-0.2, -0.15) is 0 Å². The topological polar surface area (TPSA) is 35.4 Å². The Labute approximate surface area is 126 Å². The van der Waals surface area contributed by atoms with Crippen LogP contribution in [0.15, 0.2) is 42.6 Å². The maximum absolute atomic E-state index is 5.76. The molecule has 0 fully saturated rings. The highest BCUT2D eigenvalue weighted by molar-refractivity contribution is 5.31. The van der Waals surface area contributed by atoms with E-state index in [1.165, 1.54) is 5.69 Å². The Hall–Kier alpha value is -1.94. The predicted octanol–water partition coefficient (Wildman–Crippen LogP) is 3.08. The van der Waals surface area contributed by atoms with Crippen LogP contribution >= 0.6 is 0 Å². The molecule has 0 aliphatic heterocycles. The average Bonchev–Trinajstić information content (AvgIpc) is 2.96. The molecule has 1 N–H and O–H groups in total. The number of benzene rings is 1. The van der Waals surface area contributed by atoms with Crippen LogP contribution in [0.25, 0.3) is 0 Å². The maximum atomic E-state index is 5.76. The largest absolute Gasteiger partial charge is 0.497 e. The first kappa shape index (κ1) is 15.4. The van der Waals surface area contributed by atoms with Crippen LogP contribution in [0, 0.1) is 0 Å². The third-order valence-corrected chi connectivity index (χ3v) is 3.32. The number of nitrogens with zero attached hydrogens (tertiary/aromatic N) is 1. The van der Waals surface area contributed by atoms with Crippen LogP contribution in [0.1, 0.15) is 19.0 Å². The first-order chi connectivity index (χ1) is 10.3. The van der Waals surface area contributed by atoms with E-state index in [1.807, 2.05) is 24.3 Å². The molecule has 2 aromatic rings. The van der Waals surface area contributed by atoms with Crippen LogP contribution in [-0.4, -0.2) is 24.8 Å². The van der Waals surface area contributed by atoms with Crippen LogP contribution in [0.3, 0.4) is 0 Å². The van der Waals surface area contributed by atoms with Crippen LogP contribution in [-0.2, 0) is 13.1 Å². The maximum Gasteiger partial charge on any atom is 0.119 e. The van der Waals surface area contributed by atoms with E-state index in [0.717, 1.165) is 37.6 Å². The third kappa shape index (κ3) is 4.83. The minimum absolute atomic E-state index is 0.655. The second-order valence-electron chi connectivity index (χ2n) is 4.89. The highest BCUT2D eigenvalue weighted by Gasteiger charge is 2.01. The normalized spacial score (nSPS) is 10.6. The molecule has 4 heteroatoms. The summed E-state index contributed by atoms with van der Waals surface area (Å²) < 4.78 is 13.1. The van der Waals surface area contributed by atoms with Gasteiger partial charge in [0.05, 0.1) is 13.7 Å². The van der Waals surface area contributed by atoms with Gasteiger partial charge in [0.2, 0.25) is 0 Å². The number of methoxy groups -OCH3 is 1. The van der Waals surface area contributed by atoms with Gasteiger partial charge < -0.3 is 19.4 Å². The molecule has 0 spiro atoms. The van der Waals surface area contributed by atoms with Gasteiger partial charge in [0.25, 0.3) is 0 Å². The van der Waals surface area contributed by atoms with Crippen molar-refractivity contribution in [1.82, 2.24) is 9.88 Å². The average molecular weight is 288 g/mol. The molecule has 1 aromatic carbocycles. The highest BCUT2D eigenvalue weighted by Crippen LogP contribution is 2.17. The van der Waals surface area contributed by atoms with E-state index < -0.39 is 0 Å².